The van der Waals surface area contributed by atoms with Gasteiger partial charge in [-0.1, -0.05) is 67.6 Å². The van der Waals surface area contributed by atoms with E-state index in [0.29, 0.717) is 23.7 Å². The van der Waals surface area contributed by atoms with Crippen LogP contribution in [0.2, 0.25) is 0 Å². The van der Waals surface area contributed by atoms with Crippen molar-refractivity contribution in [3.05, 3.63) is 99.6 Å². The van der Waals surface area contributed by atoms with Crippen LogP contribution in [0.25, 0.3) is 0 Å². The normalized spacial score (nSPS) is 16.9. The molecule has 1 aliphatic carbocycles. The van der Waals surface area contributed by atoms with Crippen LogP contribution in [0.3, 0.4) is 0 Å². The molecule has 2 N–H and O–H groups in total. The Hall–Kier alpha value is -2.85. The molecule has 1 heterocycles. The molecule has 150 valence electrons. The van der Waals surface area contributed by atoms with Gasteiger partial charge in [0.25, 0.3) is 0 Å². The van der Waals surface area contributed by atoms with Crippen LogP contribution >= 0.6 is 0 Å². The maximum absolute atomic E-state index is 13.0. The minimum absolute atomic E-state index is 0.0456. The van der Waals surface area contributed by atoms with Crippen LogP contribution in [0.15, 0.2) is 75.9 Å². The van der Waals surface area contributed by atoms with E-state index in [4.69, 9.17) is 4.42 Å². The Kier molecular flexibility index (Phi) is 5.54. The van der Waals surface area contributed by atoms with Crippen LogP contribution in [0.5, 0.6) is 5.75 Å². The molecule has 1 aromatic heterocycles. The van der Waals surface area contributed by atoms with E-state index in [0.717, 1.165) is 24.0 Å². The van der Waals surface area contributed by atoms with Crippen molar-refractivity contribution < 1.29 is 14.6 Å². The molecule has 0 spiro atoms. The quantitative estimate of drug-likeness (QED) is 0.588. The van der Waals surface area contributed by atoms with Crippen LogP contribution in [0.4, 0.5) is 0 Å². The fourth-order valence-corrected chi connectivity index (χ4v) is 4.20. The van der Waals surface area contributed by atoms with Gasteiger partial charge in [-0.25, -0.2) is 4.79 Å². The van der Waals surface area contributed by atoms with E-state index in [-0.39, 0.29) is 11.7 Å². The second-order valence-corrected chi connectivity index (χ2v) is 7.83. The zero-order valence-corrected chi connectivity index (χ0v) is 16.5. The Balaban J connectivity index is 1.72. The van der Waals surface area contributed by atoms with Crippen molar-refractivity contribution in [2.75, 3.05) is 0 Å². The van der Waals surface area contributed by atoms with Gasteiger partial charge in [-0.05, 0) is 36.3 Å². The highest BCUT2D eigenvalue weighted by molar-refractivity contribution is 5.42. The summed E-state index contributed by atoms with van der Waals surface area (Å²) in [4.78, 5) is 13.0. The zero-order chi connectivity index (χ0) is 20.4. The predicted molar refractivity (Wildman–Crippen MR) is 112 cm³/mol. The first-order valence-electron chi connectivity index (χ1n) is 10.2. The van der Waals surface area contributed by atoms with Crippen LogP contribution in [0, 0.1) is 5.92 Å². The topological polar surface area (TPSA) is 70.7 Å². The molecule has 4 heteroatoms. The van der Waals surface area contributed by atoms with Crippen LogP contribution in [-0.2, 0) is 0 Å². The van der Waals surface area contributed by atoms with Gasteiger partial charge < -0.3 is 14.6 Å². The van der Waals surface area contributed by atoms with Gasteiger partial charge in [0.05, 0.1) is 11.7 Å². The van der Waals surface area contributed by atoms with Crippen LogP contribution < -0.4 is 5.63 Å². The number of aliphatic hydroxyl groups is 1. The van der Waals surface area contributed by atoms with E-state index in [2.05, 4.69) is 0 Å². The second kappa shape index (κ2) is 8.26. The number of aromatic hydroxyl groups is 1. The van der Waals surface area contributed by atoms with Gasteiger partial charge in [0.15, 0.2) is 0 Å². The maximum atomic E-state index is 13.0. The third-order valence-electron chi connectivity index (χ3n) is 5.88. The molecule has 4 nitrogen and oxygen atoms in total. The SMILES string of the molecule is CC[C@@H](c1cc(O)c([C@@H](c2ccccc2)C2CC2)c(=O)o1)[C@H](O)c1ccccc1. The fraction of sp³-hybridized carbons (Fsp3) is 0.320. The first-order chi connectivity index (χ1) is 14.1. The molecule has 4 rings (SSSR count). The van der Waals surface area contributed by atoms with Crippen molar-refractivity contribution in [2.45, 2.75) is 44.1 Å². The largest absolute Gasteiger partial charge is 0.507 e. The van der Waals surface area contributed by atoms with E-state index in [1.165, 1.54) is 6.07 Å². The van der Waals surface area contributed by atoms with Crippen molar-refractivity contribution >= 4 is 0 Å². The van der Waals surface area contributed by atoms with Gasteiger partial charge >= 0.3 is 5.63 Å². The molecule has 0 amide bonds. The summed E-state index contributed by atoms with van der Waals surface area (Å²) in [5.74, 6) is 0.0316. The zero-order valence-electron chi connectivity index (χ0n) is 16.5. The summed E-state index contributed by atoms with van der Waals surface area (Å²) >= 11 is 0. The lowest BCUT2D eigenvalue weighted by molar-refractivity contribution is 0.129. The molecule has 29 heavy (non-hydrogen) atoms. The molecule has 1 saturated carbocycles. The summed E-state index contributed by atoms with van der Waals surface area (Å²) in [5.41, 5.74) is 1.58. The van der Waals surface area contributed by atoms with Gasteiger partial charge in [-0.3, -0.25) is 0 Å². The van der Waals surface area contributed by atoms with Crippen molar-refractivity contribution in [2.24, 2.45) is 5.92 Å². The van der Waals surface area contributed by atoms with E-state index in [1.54, 1.807) is 0 Å². The Labute approximate surface area is 170 Å². The summed E-state index contributed by atoms with van der Waals surface area (Å²) in [6, 6.07) is 20.6. The molecule has 0 unspecified atom stereocenters. The molecule has 0 aliphatic heterocycles. The van der Waals surface area contributed by atoms with Crippen molar-refractivity contribution in [3.8, 4) is 5.75 Å². The molecule has 0 saturated heterocycles. The van der Waals surface area contributed by atoms with Crippen molar-refractivity contribution in [1.82, 2.24) is 0 Å². The minimum Gasteiger partial charge on any atom is -0.507 e. The van der Waals surface area contributed by atoms with E-state index in [9.17, 15) is 15.0 Å². The smallest absolute Gasteiger partial charge is 0.343 e. The van der Waals surface area contributed by atoms with Crippen LogP contribution in [0.1, 0.15) is 66.6 Å². The molecule has 1 aliphatic rings. The summed E-state index contributed by atoms with van der Waals surface area (Å²) in [5, 5.41) is 21.7. The predicted octanol–water partition coefficient (Wildman–Crippen LogP) is 5.11. The summed E-state index contributed by atoms with van der Waals surface area (Å²) in [7, 11) is 0. The Morgan fingerprint density at radius 3 is 2.10 bits per heavy atom. The molecule has 3 atom stereocenters. The lowest BCUT2D eigenvalue weighted by Gasteiger charge is -2.23. The number of benzene rings is 2. The van der Waals surface area contributed by atoms with Crippen molar-refractivity contribution in [1.29, 1.82) is 0 Å². The lowest BCUT2D eigenvalue weighted by Crippen LogP contribution is -2.19. The first kappa shape index (κ1) is 19.5. The van der Waals surface area contributed by atoms with Gasteiger partial charge in [-0.15, -0.1) is 0 Å². The van der Waals surface area contributed by atoms with E-state index in [1.807, 2.05) is 67.6 Å². The highest BCUT2D eigenvalue weighted by atomic mass is 16.4. The number of rotatable bonds is 7. The van der Waals surface area contributed by atoms with Gasteiger partial charge in [0, 0.05) is 17.9 Å². The van der Waals surface area contributed by atoms with E-state index < -0.39 is 17.6 Å². The van der Waals surface area contributed by atoms with Crippen molar-refractivity contribution in [3.63, 3.8) is 0 Å². The standard InChI is InChI=1S/C25H26O4/c1-2-19(24(27)18-11-7-4-8-12-18)21-15-20(26)23(25(28)29-21)22(17-13-14-17)16-9-5-3-6-10-16/h3-12,15,17,19,22,24,26-27H,2,13-14H2,1H3/t19-,22-,24+/m0/s1. The molecule has 1 fully saturated rings. The first-order valence-corrected chi connectivity index (χ1v) is 10.2. The van der Waals surface area contributed by atoms with Gasteiger partial charge in [0.2, 0.25) is 0 Å². The molecule has 0 bridgehead atoms. The highest BCUT2D eigenvalue weighted by Gasteiger charge is 2.37. The monoisotopic (exact) mass is 390 g/mol. The highest BCUT2D eigenvalue weighted by Crippen LogP contribution is 2.48. The molecule has 2 aromatic carbocycles. The molecular weight excluding hydrogens is 364 g/mol. The fourth-order valence-electron chi connectivity index (χ4n) is 4.20. The number of aliphatic hydroxyl groups excluding tert-OH is 1. The average molecular weight is 390 g/mol. The maximum Gasteiger partial charge on any atom is 0.343 e. The Morgan fingerprint density at radius 1 is 1.00 bits per heavy atom. The third-order valence-corrected chi connectivity index (χ3v) is 5.88. The Morgan fingerprint density at radius 2 is 1.59 bits per heavy atom. The third kappa shape index (κ3) is 3.99. The molecular formula is C25H26O4. The van der Waals surface area contributed by atoms with Crippen LogP contribution in [-0.4, -0.2) is 10.2 Å². The molecule has 0 radical (unpaired) electrons. The van der Waals surface area contributed by atoms with E-state index >= 15 is 0 Å². The summed E-state index contributed by atoms with van der Waals surface area (Å²) in [6.07, 6.45) is 1.82. The van der Waals surface area contributed by atoms with Gasteiger partial charge in [-0.2, -0.15) is 0 Å². The average Bonchev–Trinajstić information content (AvgIpc) is 3.57. The Bertz CT molecular complexity index is 1010. The molecule has 3 aromatic rings. The number of hydrogen-bond donors (Lipinski definition) is 2. The second-order valence-electron chi connectivity index (χ2n) is 7.83. The summed E-state index contributed by atoms with van der Waals surface area (Å²) in [6.45, 7) is 1.93. The van der Waals surface area contributed by atoms with Gasteiger partial charge in [0.1, 0.15) is 11.5 Å². The minimum atomic E-state index is -0.817. The number of hydrogen-bond acceptors (Lipinski definition) is 4. The lowest BCUT2D eigenvalue weighted by atomic mass is 9.86. The summed E-state index contributed by atoms with van der Waals surface area (Å²) < 4.78 is 5.69.